The number of amidine groups is 1. The number of carbonyl (C=O) groups is 2. The highest BCUT2D eigenvalue weighted by Gasteiger charge is 2.34. The average Bonchev–Trinajstić information content (AvgIpc) is 2.77. The van der Waals surface area contributed by atoms with Gasteiger partial charge in [-0.2, -0.15) is 5.26 Å². The zero-order chi connectivity index (χ0) is 16.8. The minimum atomic E-state index is -1.16. The van der Waals surface area contributed by atoms with Gasteiger partial charge in [0.2, 0.25) is 6.19 Å². The molecule has 0 radical (unpaired) electrons. The molecule has 1 aromatic carbocycles. The van der Waals surface area contributed by atoms with E-state index in [9.17, 15) is 9.59 Å². The van der Waals surface area contributed by atoms with Crippen LogP contribution in [0.25, 0.3) is 6.08 Å². The van der Waals surface area contributed by atoms with Crippen LogP contribution in [0.1, 0.15) is 12.5 Å². The fourth-order valence-electron chi connectivity index (χ4n) is 1.97. The molecule has 6 nitrogen and oxygen atoms in total. The number of aliphatic imine (C=N–C) groups is 1. The minimum Gasteiger partial charge on any atom is -0.480 e. The summed E-state index contributed by atoms with van der Waals surface area (Å²) in [5.74, 6) is -1.63. The van der Waals surface area contributed by atoms with Crippen molar-refractivity contribution in [2.45, 2.75) is 6.92 Å². The standard InChI is InChI=1S/C16H13N3O3S/c1-11(7-12-5-3-2-4-6-12)8-13-15(22)19(9-14(20)21)16(23-13)18-10-17/h2-8H,9H2,1H3,(H,20,21). The quantitative estimate of drug-likeness (QED) is 0.677. The van der Waals surface area contributed by atoms with Crippen molar-refractivity contribution < 1.29 is 14.7 Å². The van der Waals surface area contributed by atoms with Crippen molar-refractivity contribution in [3.05, 3.63) is 52.4 Å². The number of rotatable bonds is 4. The van der Waals surface area contributed by atoms with Crippen molar-refractivity contribution in [2.24, 2.45) is 4.99 Å². The Kier molecular flexibility index (Phi) is 5.33. The minimum absolute atomic E-state index is 0.0821. The molecule has 1 fully saturated rings. The van der Waals surface area contributed by atoms with Gasteiger partial charge in [0.15, 0.2) is 5.17 Å². The molecule has 1 aliphatic rings. The lowest BCUT2D eigenvalue weighted by molar-refractivity contribution is -0.140. The summed E-state index contributed by atoms with van der Waals surface area (Å²) >= 11 is 0.993. The van der Waals surface area contributed by atoms with E-state index in [-0.39, 0.29) is 5.17 Å². The normalized spacial score (nSPS) is 18.5. The molecule has 2 rings (SSSR count). The van der Waals surface area contributed by atoms with Gasteiger partial charge in [-0.25, -0.2) is 0 Å². The van der Waals surface area contributed by atoms with E-state index in [2.05, 4.69) is 4.99 Å². The van der Waals surface area contributed by atoms with Crippen molar-refractivity contribution in [1.82, 2.24) is 4.90 Å². The molecule has 1 N–H and O–H groups in total. The van der Waals surface area contributed by atoms with E-state index in [0.29, 0.717) is 4.91 Å². The number of nitriles is 1. The van der Waals surface area contributed by atoms with Gasteiger partial charge >= 0.3 is 5.97 Å². The molecule has 1 aromatic rings. The topological polar surface area (TPSA) is 93.8 Å². The van der Waals surface area contributed by atoms with Crippen LogP contribution in [0.5, 0.6) is 0 Å². The molecule has 23 heavy (non-hydrogen) atoms. The van der Waals surface area contributed by atoms with Crippen LogP contribution in [0.15, 0.2) is 51.9 Å². The van der Waals surface area contributed by atoms with Crippen LogP contribution in [0.4, 0.5) is 0 Å². The van der Waals surface area contributed by atoms with Crippen LogP contribution in [0.3, 0.4) is 0 Å². The molecule has 0 unspecified atom stereocenters. The van der Waals surface area contributed by atoms with Crippen LogP contribution < -0.4 is 0 Å². The number of carbonyl (C=O) groups excluding carboxylic acids is 1. The summed E-state index contributed by atoms with van der Waals surface area (Å²) in [6.45, 7) is 1.32. The Hall–Kier alpha value is -2.85. The second kappa shape index (κ2) is 7.42. The monoisotopic (exact) mass is 327 g/mol. The molecular weight excluding hydrogens is 314 g/mol. The van der Waals surface area contributed by atoms with Crippen LogP contribution in [0, 0.1) is 11.5 Å². The lowest BCUT2D eigenvalue weighted by atomic mass is 10.1. The summed E-state index contributed by atoms with van der Waals surface area (Å²) < 4.78 is 0. The molecule has 1 aliphatic heterocycles. The van der Waals surface area contributed by atoms with Gasteiger partial charge in [0.25, 0.3) is 5.91 Å². The molecule has 7 heteroatoms. The first-order valence-electron chi connectivity index (χ1n) is 6.64. The fraction of sp³-hybridized carbons (Fsp3) is 0.125. The Balaban J connectivity index is 2.28. The van der Waals surface area contributed by atoms with E-state index >= 15 is 0 Å². The summed E-state index contributed by atoms with van der Waals surface area (Å²) in [5.41, 5.74) is 1.83. The Morgan fingerprint density at radius 3 is 2.74 bits per heavy atom. The third-order valence-corrected chi connectivity index (χ3v) is 3.89. The molecular formula is C16H13N3O3S. The van der Waals surface area contributed by atoms with Gasteiger partial charge in [0.05, 0.1) is 4.91 Å². The van der Waals surface area contributed by atoms with Crippen molar-refractivity contribution in [3.8, 4) is 6.19 Å². The SMILES string of the molecule is CC(=Cc1ccccc1)C=C1SC(=NC#N)N(CC(=O)O)C1=O. The average molecular weight is 327 g/mol. The van der Waals surface area contributed by atoms with Crippen LogP contribution >= 0.6 is 11.8 Å². The molecule has 0 aliphatic carbocycles. The second-order valence-electron chi connectivity index (χ2n) is 4.69. The maximum atomic E-state index is 12.3. The van der Waals surface area contributed by atoms with Crippen molar-refractivity contribution >= 4 is 34.9 Å². The van der Waals surface area contributed by atoms with E-state index < -0.39 is 18.4 Å². The number of amides is 1. The highest BCUT2D eigenvalue weighted by Crippen LogP contribution is 2.31. The first-order chi connectivity index (χ1) is 11.0. The van der Waals surface area contributed by atoms with Crippen molar-refractivity contribution in [1.29, 1.82) is 5.26 Å². The number of hydrogen-bond donors (Lipinski definition) is 1. The van der Waals surface area contributed by atoms with Gasteiger partial charge in [-0.15, -0.1) is 4.99 Å². The maximum Gasteiger partial charge on any atom is 0.323 e. The van der Waals surface area contributed by atoms with Crippen LogP contribution in [0.2, 0.25) is 0 Å². The second-order valence-corrected chi connectivity index (χ2v) is 5.70. The highest BCUT2D eigenvalue weighted by atomic mass is 32.2. The third-order valence-electron chi connectivity index (χ3n) is 2.88. The van der Waals surface area contributed by atoms with Gasteiger partial charge in [0.1, 0.15) is 6.54 Å². The molecule has 0 atom stereocenters. The van der Waals surface area contributed by atoms with E-state index in [1.807, 2.05) is 43.3 Å². The maximum absolute atomic E-state index is 12.3. The van der Waals surface area contributed by atoms with Crippen molar-refractivity contribution in [3.63, 3.8) is 0 Å². The van der Waals surface area contributed by atoms with Crippen LogP contribution in [-0.2, 0) is 9.59 Å². The Morgan fingerprint density at radius 2 is 2.13 bits per heavy atom. The number of thioether (sulfide) groups is 1. The highest BCUT2D eigenvalue weighted by molar-refractivity contribution is 8.18. The molecule has 1 saturated heterocycles. The summed E-state index contributed by atoms with van der Waals surface area (Å²) in [4.78, 5) is 28.0. The third kappa shape index (κ3) is 4.31. The molecule has 0 saturated carbocycles. The summed E-state index contributed by atoms with van der Waals surface area (Å²) in [6, 6.07) is 9.60. The van der Waals surface area contributed by atoms with Gasteiger partial charge in [-0.3, -0.25) is 14.5 Å². The zero-order valence-corrected chi connectivity index (χ0v) is 13.1. The number of carboxylic acids is 1. The number of carboxylic acid groups (broad SMARTS) is 1. The molecule has 0 spiro atoms. The van der Waals surface area contributed by atoms with Crippen LogP contribution in [-0.4, -0.2) is 33.6 Å². The largest absolute Gasteiger partial charge is 0.480 e. The summed E-state index contributed by atoms with van der Waals surface area (Å²) in [5, 5.41) is 17.6. The van der Waals surface area contributed by atoms with Gasteiger partial charge in [0, 0.05) is 0 Å². The number of aliphatic carboxylic acids is 1. The van der Waals surface area contributed by atoms with E-state index in [4.69, 9.17) is 10.4 Å². The van der Waals surface area contributed by atoms with Gasteiger partial charge in [-0.1, -0.05) is 36.4 Å². The lowest BCUT2D eigenvalue weighted by Crippen LogP contribution is -2.34. The number of hydrogen-bond acceptors (Lipinski definition) is 5. The van der Waals surface area contributed by atoms with Gasteiger partial charge in [-0.05, 0) is 35.9 Å². The zero-order valence-electron chi connectivity index (χ0n) is 12.3. The Bertz CT molecular complexity index is 761. The smallest absolute Gasteiger partial charge is 0.323 e. The fourth-order valence-corrected chi connectivity index (χ4v) is 2.95. The van der Waals surface area contributed by atoms with E-state index in [0.717, 1.165) is 27.8 Å². The first-order valence-corrected chi connectivity index (χ1v) is 7.46. The van der Waals surface area contributed by atoms with Crippen molar-refractivity contribution in [2.75, 3.05) is 6.54 Å². The van der Waals surface area contributed by atoms with E-state index in [1.165, 1.54) is 0 Å². The summed E-state index contributed by atoms with van der Waals surface area (Å²) in [7, 11) is 0. The predicted octanol–water partition coefficient (Wildman–Crippen LogP) is 2.47. The first kappa shape index (κ1) is 16.5. The Labute approximate surface area is 137 Å². The molecule has 116 valence electrons. The number of benzene rings is 1. The Morgan fingerprint density at radius 1 is 1.43 bits per heavy atom. The number of allylic oxidation sites excluding steroid dienone is 2. The molecule has 1 amide bonds. The lowest BCUT2D eigenvalue weighted by Gasteiger charge is -2.10. The molecule has 1 heterocycles. The predicted molar refractivity (Wildman–Crippen MR) is 88.2 cm³/mol. The van der Waals surface area contributed by atoms with E-state index in [1.54, 1.807) is 12.3 Å². The molecule has 0 aromatic heterocycles. The number of nitrogens with zero attached hydrogens (tertiary/aromatic N) is 3. The van der Waals surface area contributed by atoms with Gasteiger partial charge < -0.3 is 5.11 Å². The molecule has 0 bridgehead atoms. The summed E-state index contributed by atoms with van der Waals surface area (Å²) in [6.07, 6.45) is 5.15.